The number of aliphatic hydroxyl groups excluding tert-OH is 1. The molecule has 5 heterocycles. The number of carbonyl (C=O) groups is 4. The predicted octanol–water partition coefficient (Wildman–Crippen LogP) is 6.80. The molecule has 3 atom stereocenters. The zero-order valence-corrected chi connectivity index (χ0v) is 47.3. The molecule has 4 amide bonds. The summed E-state index contributed by atoms with van der Waals surface area (Å²) in [5.74, 6) is -0.251. The van der Waals surface area contributed by atoms with Gasteiger partial charge in [-0.25, -0.2) is 19.9 Å². The summed E-state index contributed by atoms with van der Waals surface area (Å²) in [5, 5.41) is 19.3. The number of anilines is 1. The molecule has 4 aromatic heterocycles. The van der Waals surface area contributed by atoms with E-state index in [1.54, 1.807) is 17.5 Å². The summed E-state index contributed by atoms with van der Waals surface area (Å²) >= 11 is 1.57. The fourth-order valence-electron chi connectivity index (χ4n) is 10.2. The van der Waals surface area contributed by atoms with Crippen molar-refractivity contribution in [2.45, 2.75) is 103 Å². The van der Waals surface area contributed by atoms with Gasteiger partial charge in [0, 0.05) is 61.9 Å². The van der Waals surface area contributed by atoms with Gasteiger partial charge >= 0.3 is 0 Å². The smallest absolute Gasteiger partial charge is 0.246 e. The summed E-state index contributed by atoms with van der Waals surface area (Å²) in [4.78, 5) is 74.7. The molecule has 81 heavy (non-hydrogen) atoms. The predicted molar refractivity (Wildman–Crippen MR) is 312 cm³/mol. The van der Waals surface area contributed by atoms with E-state index in [4.69, 9.17) is 35.6 Å². The van der Waals surface area contributed by atoms with E-state index >= 15 is 0 Å². The van der Waals surface area contributed by atoms with Crippen LogP contribution in [0.1, 0.15) is 81.7 Å². The van der Waals surface area contributed by atoms with Crippen LogP contribution in [0.3, 0.4) is 0 Å². The minimum absolute atomic E-state index is 0.00973. The average molecular weight is 1120 g/mol. The Hall–Kier alpha value is -7.46. The van der Waals surface area contributed by atoms with Gasteiger partial charge in [-0.1, -0.05) is 75.4 Å². The first kappa shape index (κ1) is 58.2. The minimum Gasteiger partial charge on any atom is -0.391 e. The van der Waals surface area contributed by atoms with Gasteiger partial charge < -0.3 is 51.6 Å². The number of amides is 4. The lowest BCUT2D eigenvalue weighted by atomic mass is 9.73. The maximum atomic E-state index is 14.0. The van der Waals surface area contributed by atoms with Gasteiger partial charge in [0.2, 0.25) is 23.6 Å². The zero-order valence-electron chi connectivity index (χ0n) is 46.5. The highest BCUT2D eigenvalue weighted by Crippen LogP contribution is 2.40. The summed E-state index contributed by atoms with van der Waals surface area (Å²) in [6.07, 6.45) is 4.80. The van der Waals surface area contributed by atoms with Crippen LogP contribution in [-0.2, 0) is 51.9 Å². The number of rotatable bonds is 25. The van der Waals surface area contributed by atoms with Crippen LogP contribution in [0.5, 0.6) is 0 Å². The van der Waals surface area contributed by atoms with E-state index < -0.39 is 29.5 Å². The van der Waals surface area contributed by atoms with Crippen molar-refractivity contribution in [1.82, 2.24) is 45.4 Å². The van der Waals surface area contributed by atoms with Gasteiger partial charge in [0.05, 0.1) is 73.1 Å². The molecule has 1 aliphatic heterocycles. The van der Waals surface area contributed by atoms with Crippen molar-refractivity contribution in [3.05, 3.63) is 131 Å². The number of aliphatic hydroxyl groups is 1. The number of fused-ring (bicyclic) bond motifs is 1. The van der Waals surface area contributed by atoms with E-state index in [9.17, 15) is 24.3 Å². The number of carbonyl (C=O) groups excluding carboxylic acids is 4. The number of thiazole rings is 1. The highest BCUT2D eigenvalue weighted by Gasteiger charge is 2.44. The van der Waals surface area contributed by atoms with Crippen molar-refractivity contribution in [1.29, 1.82) is 0 Å². The second kappa shape index (κ2) is 26.4. The number of nitrogens with zero attached hydrogens (tertiary/aromatic N) is 6. The molecular formula is C61H73N11O8S. The number of hydrogen-bond donors (Lipinski definition) is 6. The normalized spacial score (nSPS) is 16.2. The lowest BCUT2D eigenvalue weighted by Gasteiger charge is -2.38. The number of ether oxygens (including phenoxy) is 3. The second-order valence-corrected chi connectivity index (χ2v) is 22.7. The molecular weight excluding hydrogens is 1050 g/mol. The lowest BCUT2D eigenvalue weighted by Crippen LogP contribution is -2.57. The van der Waals surface area contributed by atoms with Crippen LogP contribution in [0, 0.1) is 12.3 Å². The Morgan fingerprint density at radius 2 is 1.56 bits per heavy atom. The van der Waals surface area contributed by atoms with Gasteiger partial charge in [0.25, 0.3) is 0 Å². The van der Waals surface area contributed by atoms with Gasteiger partial charge in [-0.2, -0.15) is 0 Å². The Bertz CT molecular complexity index is 3300. The first-order valence-corrected chi connectivity index (χ1v) is 28.6. The average Bonchev–Trinajstić information content (AvgIpc) is 4.25. The third-order valence-corrected chi connectivity index (χ3v) is 15.9. The Morgan fingerprint density at radius 1 is 0.815 bits per heavy atom. The standard InChI is InChI=1S/C61H73N11O8S/c1-39-53(81-38-67-39)42-14-11-41(12-15-42)36-66-58(76)50-35-46(73)37-71(50)59(77)54(60(2,3)4)70-52(75)23-28-78-30-32-80-33-31-79-29-27-64-51(74)22-13-40-8-5-9-43(34-40)48-20-21-49-57(68-48)72(56(69-49)47-10-6-26-65-55(47)62)45-18-16-44(17-19-45)61(63)24-7-25-61/h5-6,8-12,14-21,26,34,38,46,50,54,73H,7,13,22-25,27-33,35-37,63H2,1-4H3,(H2,62,65)(H,64,74)(H,66,76)(H,70,75)/t46-,50+,54-/m1/s1. The molecule has 2 aliphatic rings. The van der Waals surface area contributed by atoms with Crippen LogP contribution in [-0.4, -0.2) is 129 Å². The number of nitrogens with one attached hydrogen (secondary N) is 3. The SMILES string of the molecule is Cc1ncsc1-c1ccc(CNC(=O)[C@@H]2C[C@@H](O)CN2C(=O)[C@@H](NC(=O)CCOCCOCCOCCNC(=O)CCc2cccc(-c3ccc4nc(-c5cccnc5N)n(-c5ccc(C6(N)CCC6)cc5)c4n3)c2)C(C)(C)C)cc1. The number of hydrogen-bond acceptors (Lipinski definition) is 15. The molecule has 9 rings (SSSR count). The maximum Gasteiger partial charge on any atom is 0.246 e. The summed E-state index contributed by atoms with van der Waals surface area (Å²) in [6, 6.07) is 30.1. The van der Waals surface area contributed by atoms with E-state index in [0.717, 1.165) is 69.0 Å². The molecule has 426 valence electrons. The van der Waals surface area contributed by atoms with Crippen molar-refractivity contribution in [2.24, 2.45) is 11.1 Å². The number of β-amino-alcohol motifs (C(OH)–C–C–N with tert-alkyl or cyclic N) is 1. The monoisotopic (exact) mass is 1120 g/mol. The molecule has 19 nitrogen and oxygen atoms in total. The molecule has 1 saturated heterocycles. The second-order valence-electron chi connectivity index (χ2n) is 21.9. The summed E-state index contributed by atoms with van der Waals surface area (Å²) in [5.41, 5.74) is 23.5. The molecule has 3 aromatic carbocycles. The zero-order chi connectivity index (χ0) is 57.1. The summed E-state index contributed by atoms with van der Waals surface area (Å²) in [6.45, 7) is 9.70. The van der Waals surface area contributed by atoms with Crippen LogP contribution in [0.2, 0.25) is 0 Å². The maximum absolute atomic E-state index is 14.0. The summed E-state index contributed by atoms with van der Waals surface area (Å²) < 4.78 is 18.9. The number of benzene rings is 3. The van der Waals surface area contributed by atoms with Gasteiger partial charge in [0.15, 0.2) is 11.5 Å². The largest absolute Gasteiger partial charge is 0.391 e. The van der Waals surface area contributed by atoms with Gasteiger partial charge in [-0.3, -0.25) is 23.7 Å². The topological polar surface area (TPSA) is 264 Å². The fraction of sp³-hybridized carbons (Fsp3) is 0.410. The lowest BCUT2D eigenvalue weighted by molar-refractivity contribution is -0.144. The highest BCUT2D eigenvalue weighted by molar-refractivity contribution is 7.13. The van der Waals surface area contributed by atoms with Crippen molar-refractivity contribution < 1.29 is 38.5 Å². The number of likely N-dealkylation sites (tertiary alicyclic amines) is 1. The van der Waals surface area contributed by atoms with Crippen LogP contribution < -0.4 is 27.4 Å². The minimum atomic E-state index is -0.944. The summed E-state index contributed by atoms with van der Waals surface area (Å²) in [7, 11) is 0. The van der Waals surface area contributed by atoms with Crippen LogP contribution in [0.4, 0.5) is 5.82 Å². The van der Waals surface area contributed by atoms with Crippen molar-refractivity contribution in [3.63, 3.8) is 0 Å². The molecule has 20 heteroatoms. The van der Waals surface area contributed by atoms with E-state index in [2.05, 4.69) is 56.3 Å². The third kappa shape index (κ3) is 14.5. The number of pyridine rings is 2. The fourth-order valence-corrected chi connectivity index (χ4v) is 11.0. The highest BCUT2D eigenvalue weighted by atomic mass is 32.1. The Kier molecular flexibility index (Phi) is 19.0. The van der Waals surface area contributed by atoms with Crippen molar-refractivity contribution >= 4 is 51.9 Å². The van der Waals surface area contributed by atoms with Crippen LogP contribution >= 0.6 is 11.3 Å². The molecule has 8 N–H and O–H groups in total. The van der Waals surface area contributed by atoms with Crippen LogP contribution in [0.25, 0.3) is 49.9 Å². The number of aromatic nitrogens is 5. The number of nitrogen functional groups attached to an aromatic ring is 1. The molecule has 1 saturated carbocycles. The first-order chi connectivity index (χ1) is 39.0. The molecule has 2 fully saturated rings. The molecule has 1 aliphatic carbocycles. The van der Waals surface area contributed by atoms with E-state index in [1.807, 2.05) is 105 Å². The van der Waals surface area contributed by atoms with Gasteiger partial charge in [-0.05, 0) is 103 Å². The molecule has 7 aromatic rings. The molecule has 0 bridgehead atoms. The Labute approximate surface area is 476 Å². The van der Waals surface area contributed by atoms with E-state index in [0.29, 0.717) is 67.6 Å². The number of imidazole rings is 1. The molecule has 0 unspecified atom stereocenters. The van der Waals surface area contributed by atoms with E-state index in [-0.39, 0.29) is 69.0 Å². The molecule has 0 spiro atoms. The van der Waals surface area contributed by atoms with Gasteiger partial charge in [0.1, 0.15) is 23.4 Å². The number of aryl methyl sites for hydroxylation is 2. The van der Waals surface area contributed by atoms with Crippen molar-refractivity contribution in [3.8, 4) is 38.8 Å². The quantitative estimate of drug-likeness (QED) is 0.0322. The molecule has 0 radical (unpaired) electrons. The van der Waals surface area contributed by atoms with Gasteiger partial charge in [-0.15, -0.1) is 11.3 Å². The Balaban J connectivity index is 0.653. The third-order valence-electron chi connectivity index (χ3n) is 14.9. The van der Waals surface area contributed by atoms with Crippen molar-refractivity contribution in [2.75, 3.05) is 58.5 Å². The number of nitrogens with two attached hydrogens (primary N) is 2. The van der Waals surface area contributed by atoms with Crippen LogP contribution in [0.15, 0.2) is 109 Å². The van der Waals surface area contributed by atoms with E-state index in [1.165, 1.54) is 4.90 Å². The Morgan fingerprint density at radius 3 is 2.25 bits per heavy atom. The first-order valence-electron chi connectivity index (χ1n) is 27.7.